The molecule has 0 spiro atoms. The molecule has 84 valence electrons. The molecule has 1 aromatic rings. The van der Waals surface area contributed by atoms with Crippen molar-refractivity contribution in [3.05, 3.63) is 39.9 Å². The maximum atomic E-state index is 11.6. The Hall–Kier alpha value is -1.91. The molecule has 1 aliphatic carbocycles. The average molecular weight is 221 g/mol. The largest absolute Gasteiger partial charge is 0.468 e. The molecule has 0 atom stereocenters. The van der Waals surface area contributed by atoms with Crippen LogP contribution in [-0.4, -0.2) is 18.0 Å². The fourth-order valence-electron chi connectivity index (χ4n) is 1.85. The normalized spacial score (nSPS) is 16.6. The van der Waals surface area contributed by atoms with Crippen molar-refractivity contribution in [2.45, 2.75) is 18.3 Å². The number of carbonyl (C=O) groups is 1. The number of non-ortho nitro benzene ring substituents is 1. The Labute approximate surface area is 92.2 Å². The molecule has 0 aromatic heterocycles. The van der Waals surface area contributed by atoms with E-state index < -0.39 is 10.3 Å². The molecule has 1 saturated carbocycles. The summed E-state index contributed by atoms with van der Waals surface area (Å²) < 4.78 is 4.72. The minimum absolute atomic E-state index is 0.00711. The van der Waals surface area contributed by atoms with Crippen molar-refractivity contribution < 1.29 is 14.5 Å². The number of ether oxygens (including phenoxy) is 1. The monoisotopic (exact) mass is 221 g/mol. The second kappa shape index (κ2) is 3.59. The highest BCUT2D eigenvalue weighted by Gasteiger charge is 2.52. The molecule has 0 heterocycles. The van der Waals surface area contributed by atoms with Gasteiger partial charge in [0.2, 0.25) is 0 Å². The molecule has 0 saturated heterocycles. The number of carbonyl (C=O) groups excluding carboxylic acids is 1. The fraction of sp³-hybridized carbons (Fsp3) is 0.364. The van der Waals surface area contributed by atoms with Crippen LogP contribution >= 0.6 is 0 Å². The second-order valence-corrected chi connectivity index (χ2v) is 3.88. The van der Waals surface area contributed by atoms with E-state index in [-0.39, 0.29) is 11.7 Å². The predicted molar refractivity (Wildman–Crippen MR) is 56.0 cm³/mol. The zero-order valence-electron chi connectivity index (χ0n) is 8.80. The van der Waals surface area contributed by atoms with Crippen molar-refractivity contribution in [1.82, 2.24) is 0 Å². The van der Waals surface area contributed by atoms with E-state index in [0.29, 0.717) is 18.4 Å². The zero-order chi connectivity index (χ0) is 11.8. The van der Waals surface area contributed by atoms with Gasteiger partial charge in [-0.1, -0.05) is 12.1 Å². The van der Waals surface area contributed by atoms with Crippen LogP contribution in [0.15, 0.2) is 24.3 Å². The molecule has 1 fully saturated rings. The van der Waals surface area contributed by atoms with Gasteiger partial charge in [-0.2, -0.15) is 0 Å². The lowest BCUT2D eigenvalue weighted by atomic mass is 9.96. The van der Waals surface area contributed by atoms with E-state index >= 15 is 0 Å². The molecule has 0 N–H and O–H groups in total. The summed E-state index contributed by atoms with van der Waals surface area (Å²) in [6, 6.07) is 6.19. The van der Waals surface area contributed by atoms with Gasteiger partial charge in [-0.05, 0) is 18.4 Å². The van der Waals surface area contributed by atoms with Crippen LogP contribution in [0.3, 0.4) is 0 Å². The zero-order valence-corrected chi connectivity index (χ0v) is 8.80. The number of nitro groups is 1. The molecule has 1 aromatic carbocycles. The van der Waals surface area contributed by atoms with Crippen molar-refractivity contribution in [2.24, 2.45) is 0 Å². The lowest BCUT2D eigenvalue weighted by Crippen LogP contribution is -2.21. The first kappa shape index (κ1) is 10.6. The molecule has 0 radical (unpaired) electrons. The van der Waals surface area contributed by atoms with Crippen LogP contribution in [0.1, 0.15) is 18.4 Å². The van der Waals surface area contributed by atoms with Crippen LogP contribution in [0.25, 0.3) is 0 Å². The van der Waals surface area contributed by atoms with Gasteiger partial charge in [0.15, 0.2) is 0 Å². The maximum absolute atomic E-state index is 11.6. The predicted octanol–water partition coefficient (Wildman–Crippen LogP) is 1.80. The molecule has 0 unspecified atom stereocenters. The summed E-state index contributed by atoms with van der Waals surface area (Å²) in [5, 5.41) is 10.6. The Kier molecular flexibility index (Phi) is 2.38. The number of benzene rings is 1. The number of esters is 1. The van der Waals surface area contributed by atoms with Crippen molar-refractivity contribution in [1.29, 1.82) is 0 Å². The highest BCUT2D eigenvalue weighted by Crippen LogP contribution is 2.49. The molecule has 16 heavy (non-hydrogen) atoms. The van der Waals surface area contributed by atoms with Crippen molar-refractivity contribution in [3.8, 4) is 0 Å². The highest BCUT2D eigenvalue weighted by atomic mass is 16.6. The lowest BCUT2D eigenvalue weighted by Gasteiger charge is -2.12. The van der Waals surface area contributed by atoms with E-state index in [9.17, 15) is 14.9 Å². The summed E-state index contributed by atoms with van der Waals surface area (Å²) in [5.41, 5.74) is 0.0436. The second-order valence-electron chi connectivity index (χ2n) is 3.88. The van der Waals surface area contributed by atoms with E-state index in [0.717, 1.165) is 0 Å². The topological polar surface area (TPSA) is 69.4 Å². The molecule has 0 bridgehead atoms. The van der Waals surface area contributed by atoms with Gasteiger partial charge in [0.25, 0.3) is 5.69 Å². The molecule has 0 amide bonds. The van der Waals surface area contributed by atoms with Crippen LogP contribution < -0.4 is 0 Å². The minimum atomic E-state index is -0.638. The number of hydrogen-bond acceptors (Lipinski definition) is 4. The quantitative estimate of drug-likeness (QED) is 0.443. The summed E-state index contributed by atoms with van der Waals surface area (Å²) in [6.45, 7) is 0. The summed E-state index contributed by atoms with van der Waals surface area (Å²) in [6.07, 6.45) is 1.39. The van der Waals surface area contributed by atoms with Crippen LogP contribution in [0.2, 0.25) is 0 Å². The van der Waals surface area contributed by atoms with E-state index in [1.165, 1.54) is 19.2 Å². The number of nitrogens with zero attached hydrogens (tertiary/aromatic N) is 1. The van der Waals surface area contributed by atoms with Crippen LogP contribution in [0, 0.1) is 10.1 Å². The molecule has 5 heteroatoms. The van der Waals surface area contributed by atoms with Gasteiger partial charge in [-0.3, -0.25) is 14.9 Å². The Bertz CT molecular complexity index is 451. The van der Waals surface area contributed by atoms with Gasteiger partial charge in [0.1, 0.15) is 0 Å². The Balaban J connectivity index is 2.38. The molecule has 0 aliphatic heterocycles. The fourth-order valence-corrected chi connectivity index (χ4v) is 1.85. The lowest BCUT2D eigenvalue weighted by molar-refractivity contribution is -0.384. The van der Waals surface area contributed by atoms with E-state index in [2.05, 4.69) is 0 Å². The third kappa shape index (κ3) is 1.54. The summed E-state index contributed by atoms with van der Waals surface area (Å²) in [4.78, 5) is 21.8. The first-order valence-electron chi connectivity index (χ1n) is 4.93. The number of nitro benzene ring substituents is 1. The van der Waals surface area contributed by atoms with Crippen molar-refractivity contribution in [3.63, 3.8) is 0 Å². The Morgan fingerprint density at radius 2 is 2.19 bits per heavy atom. The van der Waals surface area contributed by atoms with Gasteiger partial charge in [-0.15, -0.1) is 0 Å². The number of hydrogen-bond donors (Lipinski definition) is 0. The van der Waals surface area contributed by atoms with Gasteiger partial charge in [0, 0.05) is 12.1 Å². The van der Waals surface area contributed by atoms with E-state index in [1.807, 2.05) is 0 Å². The third-order valence-electron chi connectivity index (χ3n) is 2.94. The summed E-state index contributed by atoms with van der Waals surface area (Å²) in [7, 11) is 1.33. The average Bonchev–Trinajstić information content (AvgIpc) is 3.09. The molecule has 1 aliphatic rings. The standard InChI is InChI=1S/C11H11NO4/c1-16-10(13)11(5-6-11)8-3-2-4-9(7-8)12(14)15/h2-4,7H,5-6H2,1H3. The van der Waals surface area contributed by atoms with E-state index in [4.69, 9.17) is 4.74 Å². The smallest absolute Gasteiger partial charge is 0.316 e. The van der Waals surface area contributed by atoms with Gasteiger partial charge >= 0.3 is 5.97 Å². The van der Waals surface area contributed by atoms with Gasteiger partial charge in [0.05, 0.1) is 17.4 Å². The van der Waals surface area contributed by atoms with Crippen LogP contribution in [0.5, 0.6) is 0 Å². The Morgan fingerprint density at radius 1 is 1.50 bits per heavy atom. The van der Waals surface area contributed by atoms with Gasteiger partial charge in [-0.25, -0.2) is 0 Å². The van der Waals surface area contributed by atoms with Crippen molar-refractivity contribution >= 4 is 11.7 Å². The number of methoxy groups -OCH3 is 1. The first-order chi connectivity index (χ1) is 7.60. The molecule has 2 rings (SSSR count). The van der Waals surface area contributed by atoms with Crippen molar-refractivity contribution in [2.75, 3.05) is 7.11 Å². The SMILES string of the molecule is COC(=O)C1(c2cccc([N+](=O)[O-])c2)CC1. The third-order valence-corrected chi connectivity index (χ3v) is 2.94. The van der Waals surface area contributed by atoms with Crippen LogP contribution in [-0.2, 0) is 14.9 Å². The minimum Gasteiger partial charge on any atom is -0.468 e. The highest BCUT2D eigenvalue weighted by molar-refractivity contribution is 5.86. The first-order valence-corrected chi connectivity index (χ1v) is 4.93. The maximum Gasteiger partial charge on any atom is 0.316 e. The molecular weight excluding hydrogens is 210 g/mol. The van der Waals surface area contributed by atoms with Crippen LogP contribution in [0.4, 0.5) is 5.69 Å². The molecular formula is C11H11NO4. The van der Waals surface area contributed by atoms with E-state index in [1.54, 1.807) is 12.1 Å². The van der Waals surface area contributed by atoms with Gasteiger partial charge < -0.3 is 4.74 Å². The summed E-state index contributed by atoms with van der Waals surface area (Å²) >= 11 is 0. The number of rotatable bonds is 3. The molecule has 5 nitrogen and oxygen atoms in total. The Morgan fingerprint density at radius 3 is 2.69 bits per heavy atom. The summed E-state index contributed by atoms with van der Waals surface area (Å²) in [5.74, 6) is -0.312.